The highest BCUT2D eigenvalue weighted by Crippen LogP contribution is 2.32. The first kappa shape index (κ1) is 15.4. The first-order valence-corrected chi connectivity index (χ1v) is 8.95. The van der Waals surface area contributed by atoms with Crippen molar-refractivity contribution in [3.63, 3.8) is 0 Å². The van der Waals surface area contributed by atoms with E-state index in [0.717, 1.165) is 16.1 Å². The molecule has 0 bridgehead atoms. The van der Waals surface area contributed by atoms with E-state index in [2.05, 4.69) is 15.1 Å². The molecule has 5 rings (SSSR count). The zero-order valence-electron chi connectivity index (χ0n) is 13.5. The molecule has 0 radical (unpaired) electrons. The molecular formula is C18H13FN4O2S. The maximum Gasteiger partial charge on any atom is 0.278 e. The molecule has 1 unspecified atom stereocenters. The zero-order chi connectivity index (χ0) is 17.5. The Morgan fingerprint density at radius 2 is 2.08 bits per heavy atom. The zero-order valence-corrected chi connectivity index (χ0v) is 14.3. The third kappa shape index (κ3) is 2.63. The number of imidazole rings is 1. The van der Waals surface area contributed by atoms with Crippen molar-refractivity contribution in [3.8, 4) is 22.3 Å². The van der Waals surface area contributed by atoms with Gasteiger partial charge in [-0.25, -0.2) is 9.37 Å². The Morgan fingerprint density at radius 1 is 1.19 bits per heavy atom. The van der Waals surface area contributed by atoms with E-state index in [1.54, 1.807) is 29.8 Å². The highest BCUT2D eigenvalue weighted by Gasteiger charge is 2.26. The Kier molecular flexibility index (Phi) is 3.65. The molecule has 0 aliphatic carbocycles. The molecule has 0 spiro atoms. The molecule has 6 nitrogen and oxygen atoms in total. The van der Waals surface area contributed by atoms with Crippen molar-refractivity contribution in [2.45, 2.75) is 19.3 Å². The van der Waals surface area contributed by atoms with E-state index in [1.165, 1.54) is 12.1 Å². The van der Waals surface area contributed by atoms with Gasteiger partial charge >= 0.3 is 0 Å². The fraction of sp³-hybridized carbons (Fsp3) is 0.167. The van der Waals surface area contributed by atoms with E-state index in [1.807, 2.05) is 22.1 Å². The predicted octanol–water partition coefficient (Wildman–Crippen LogP) is 4.07. The Morgan fingerprint density at radius 3 is 2.88 bits per heavy atom. The minimum Gasteiger partial charge on any atom is -0.365 e. The summed E-state index contributed by atoms with van der Waals surface area (Å²) in [5.74, 6) is 0.678. The maximum absolute atomic E-state index is 13.1. The normalized spacial score (nSPS) is 16.6. The molecule has 0 amide bonds. The molecule has 0 saturated carbocycles. The quantitative estimate of drug-likeness (QED) is 0.545. The van der Waals surface area contributed by atoms with Crippen LogP contribution in [0.2, 0.25) is 0 Å². The molecule has 1 aliphatic heterocycles. The van der Waals surface area contributed by atoms with Gasteiger partial charge < -0.3 is 13.8 Å². The van der Waals surface area contributed by atoms with Crippen LogP contribution in [0, 0.1) is 5.82 Å². The Hall–Kier alpha value is -2.84. The van der Waals surface area contributed by atoms with Crippen LogP contribution >= 0.6 is 11.3 Å². The molecule has 8 heteroatoms. The summed E-state index contributed by atoms with van der Waals surface area (Å²) < 4.78 is 26.5. The predicted molar refractivity (Wildman–Crippen MR) is 92.8 cm³/mol. The van der Waals surface area contributed by atoms with Crippen LogP contribution in [0.1, 0.15) is 17.4 Å². The molecule has 0 saturated heterocycles. The summed E-state index contributed by atoms with van der Waals surface area (Å²) in [7, 11) is 0. The van der Waals surface area contributed by atoms with E-state index in [0.29, 0.717) is 30.6 Å². The standard InChI is InChI=1S/C18H13FN4O2S/c19-12-5-3-11(4-6-12)14-8-23-10-20-16(13(23)9-24-14)18-21-17(22-25-18)15-2-1-7-26-15/h1-7,10,14H,8-9H2. The van der Waals surface area contributed by atoms with Gasteiger partial charge in [0.25, 0.3) is 5.89 Å². The van der Waals surface area contributed by atoms with Gasteiger partial charge in [0.2, 0.25) is 5.82 Å². The minimum atomic E-state index is -0.256. The number of aromatic nitrogens is 4. The van der Waals surface area contributed by atoms with Gasteiger partial charge in [-0.1, -0.05) is 23.4 Å². The molecule has 26 heavy (non-hydrogen) atoms. The number of thiophene rings is 1. The molecule has 3 aromatic heterocycles. The van der Waals surface area contributed by atoms with Crippen LogP contribution in [-0.4, -0.2) is 19.7 Å². The van der Waals surface area contributed by atoms with Gasteiger partial charge in [0, 0.05) is 0 Å². The van der Waals surface area contributed by atoms with Crippen LogP contribution in [0.5, 0.6) is 0 Å². The van der Waals surface area contributed by atoms with Gasteiger partial charge in [0.1, 0.15) is 11.9 Å². The first-order chi connectivity index (χ1) is 12.8. The monoisotopic (exact) mass is 368 g/mol. The average Bonchev–Trinajstić information content (AvgIpc) is 3.41. The maximum atomic E-state index is 13.1. The fourth-order valence-corrected chi connectivity index (χ4v) is 3.66. The molecule has 1 atom stereocenters. The fourth-order valence-electron chi connectivity index (χ4n) is 3.01. The summed E-state index contributed by atoms with van der Waals surface area (Å²) in [6.07, 6.45) is 1.60. The summed E-state index contributed by atoms with van der Waals surface area (Å²) >= 11 is 1.55. The number of hydrogen-bond acceptors (Lipinski definition) is 6. The van der Waals surface area contributed by atoms with Crippen molar-refractivity contribution in [1.29, 1.82) is 0 Å². The van der Waals surface area contributed by atoms with E-state index in [9.17, 15) is 4.39 Å². The van der Waals surface area contributed by atoms with E-state index in [-0.39, 0.29) is 11.9 Å². The van der Waals surface area contributed by atoms with E-state index < -0.39 is 0 Å². The van der Waals surface area contributed by atoms with Crippen LogP contribution in [0.15, 0.2) is 52.6 Å². The molecule has 0 N–H and O–H groups in total. The average molecular weight is 368 g/mol. The van der Waals surface area contributed by atoms with Crippen molar-refractivity contribution in [2.24, 2.45) is 0 Å². The van der Waals surface area contributed by atoms with Crippen molar-refractivity contribution in [1.82, 2.24) is 19.7 Å². The second-order valence-electron chi connectivity index (χ2n) is 5.94. The topological polar surface area (TPSA) is 66.0 Å². The van der Waals surface area contributed by atoms with Crippen LogP contribution in [0.25, 0.3) is 22.3 Å². The van der Waals surface area contributed by atoms with Crippen molar-refractivity contribution in [2.75, 3.05) is 0 Å². The highest BCUT2D eigenvalue weighted by molar-refractivity contribution is 7.13. The number of hydrogen-bond donors (Lipinski definition) is 0. The summed E-state index contributed by atoms with van der Waals surface area (Å²) in [4.78, 5) is 9.83. The van der Waals surface area contributed by atoms with Crippen LogP contribution < -0.4 is 0 Å². The number of fused-ring (bicyclic) bond motifs is 1. The SMILES string of the molecule is Fc1ccc(C2Cn3cnc(-c4nc(-c5cccs5)no4)c3CO2)cc1. The van der Waals surface area contributed by atoms with Crippen molar-refractivity contribution >= 4 is 11.3 Å². The number of halogens is 1. The first-order valence-electron chi connectivity index (χ1n) is 8.07. The summed E-state index contributed by atoms with van der Waals surface area (Å²) in [6, 6.07) is 10.3. The summed E-state index contributed by atoms with van der Waals surface area (Å²) in [5.41, 5.74) is 2.47. The van der Waals surface area contributed by atoms with Crippen molar-refractivity contribution < 1.29 is 13.7 Å². The van der Waals surface area contributed by atoms with Crippen LogP contribution in [-0.2, 0) is 17.9 Å². The van der Waals surface area contributed by atoms with E-state index >= 15 is 0 Å². The summed E-state index contributed by atoms with van der Waals surface area (Å²) in [6.45, 7) is 0.966. The highest BCUT2D eigenvalue weighted by atomic mass is 32.1. The van der Waals surface area contributed by atoms with E-state index in [4.69, 9.17) is 9.26 Å². The third-order valence-corrected chi connectivity index (χ3v) is 5.21. The van der Waals surface area contributed by atoms with Gasteiger partial charge in [-0.2, -0.15) is 4.98 Å². The largest absolute Gasteiger partial charge is 0.365 e. The molecule has 1 aromatic carbocycles. The number of ether oxygens (including phenoxy) is 1. The molecular weight excluding hydrogens is 355 g/mol. The van der Waals surface area contributed by atoms with Gasteiger partial charge in [-0.05, 0) is 29.1 Å². The lowest BCUT2D eigenvalue weighted by atomic mass is 10.1. The minimum absolute atomic E-state index is 0.144. The van der Waals surface area contributed by atoms with Gasteiger partial charge in [0.05, 0.1) is 30.1 Å². The Balaban J connectivity index is 1.42. The Labute approximate surface area is 151 Å². The second kappa shape index (κ2) is 6.15. The van der Waals surface area contributed by atoms with Gasteiger partial charge in [-0.3, -0.25) is 0 Å². The number of rotatable bonds is 3. The van der Waals surface area contributed by atoms with Gasteiger partial charge in [0.15, 0.2) is 5.69 Å². The summed E-state index contributed by atoms with van der Waals surface area (Å²) in [5, 5.41) is 6.00. The number of nitrogens with zero attached hydrogens (tertiary/aromatic N) is 4. The molecule has 1 aliphatic rings. The van der Waals surface area contributed by atoms with Crippen LogP contribution in [0.3, 0.4) is 0 Å². The third-order valence-electron chi connectivity index (χ3n) is 4.34. The lowest BCUT2D eigenvalue weighted by Crippen LogP contribution is -2.20. The molecule has 0 fully saturated rings. The molecule has 4 heterocycles. The van der Waals surface area contributed by atoms with Crippen LogP contribution in [0.4, 0.5) is 4.39 Å². The Bertz CT molecular complexity index is 1040. The second-order valence-corrected chi connectivity index (χ2v) is 6.89. The lowest BCUT2D eigenvalue weighted by Gasteiger charge is -2.25. The smallest absolute Gasteiger partial charge is 0.278 e. The van der Waals surface area contributed by atoms with Crippen molar-refractivity contribution in [3.05, 3.63) is 65.2 Å². The number of benzene rings is 1. The molecule has 4 aromatic rings. The lowest BCUT2D eigenvalue weighted by molar-refractivity contribution is 0.00327. The molecule has 130 valence electrons. The van der Waals surface area contributed by atoms with Gasteiger partial charge in [-0.15, -0.1) is 11.3 Å².